The van der Waals surface area contributed by atoms with Crippen molar-refractivity contribution in [2.75, 3.05) is 0 Å². The quantitative estimate of drug-likeness (QED) is 0.794. The van der Waals surface area contributed by atoms with Crippen LogP contribution in [0.1, 0.15) is 53.8 Å². The zero-order chi connectivity index (χ0) is 14.0. The van der Waals surface area contributed by atoms with Crippen molar-refractivity contribution in [3.05, 3.63) is 17.0 Å². The van der Waals surface area contributed by atoms with E-state index in [0.29, 0.717) is 5.56 Å². The standard InChI is InChI=1S/C14H24N4O/c1-9-13(10(2)18(3)17-9)14(19)16-12-8-6-4-5-7-11(12)15/h11-12H,4-8,15H2,1-3H3,(H,16,19). The van der Waals surface area contributed by atoms with Gasteiger partial charge in [-0.25, -0.2) is 0 Å². The average Bonchev–Trinajstić information content (AvgIpc) is 2.51. The smallest absolute Gasteiger partial charge is 0.255 e. The van der Waals surface area contributed by atoms with Gasteiger partial charge in [0.25, 0.3) is 5.91 Å². The molecule has 0 spiro atoms. The largest absolute Gasteiger partial charge is 0.348 e. The van der Waals surface area contributed by atoms with Gasteiger partial charge in [-0.3, -0.25) is 9.48 Å². The van der Waals surface area contributed by atoms with E-state index >= 15 is 0 Å². The molecule has 1 saturated carbocycles. The van der Waals surface area contributed by atoms with Gasteiger partial charge in [0.2, 0.25) is 0 Å². The van der Waals surface area contributed by atoms with Crippen molar-refractivity contribution in [2.24, 2.45) is 12.8 Å². The highest BCUT2D eigenvalue weighted by Gasteiger charge is 2.25. The van der Waals surface area contributed by atoms with E-state index in [4.69, 9.17) is 5.73 Å². The van der Waals surface area contributed by atoms with Crippen molar-refractivity contribution in [1.82, 2.24) is 15.1 Å². The van der Waals surface area contributed by atoms with E-state index in [-0.39, 0.29) is 18.0 Å². The molecule has 1 aliphatic rings. The first-order valence-corrected chi connectivity index (χ1v) is 7.07. The summed E-state index contributed by atoms with van der Waals surface area (Å²) >= 11 is 0. The van der Waals surface area contributed by atoms with Crippen molar-refractivity contribution in [1.29, 1.82) is 0 Å². The number of carbonyl (C=O) groups is 1. The molecule has 1 aromatic heterocycles. The molecule has 3 N–H and O–H groups in total. The fourth-order valence-electron chi connectivity index (χ4n) is 2.86. The molecule has 19 heavy (non-hydrogen) atoms. The topological polar surface area (TPSA) is 72.9 Å². The minimum atomic E-state index is -0.0366. The minimum absolute atomic E-state index is 0.0366. The first-order chi connectivity index (χ1) is 9.00. The number of hydrogen-bond acceptors (Lipinski definition) is 3. The van der Waals surface area contributed by atoms with Gasteiger partial charge >= 0.3 is 0 Å². The van der Waals surface area contributed by atoms with Crippen LogP contribution in [0.3, 0.4) is 0 Å². The Balaban J connectivity index is 2.11. The number of nitrogens with one attached hydrogen (secondary N) is 1. The van der Waals surface area contributed by atoms with Gasteiger partial charge < -0.3 is 11.1 Å². The Morgan fingerprint density at radius 2 is 2.00 bits per heavy atom. The predicted octanol–water partition coefficient (Wildman–Crippen LogP) is 1.43. The first-order valence-electron chi connectivity index (χ1n) is 7.07. The number of aromatic nitrogens is 2. The van der Waals surface area contributed by atoms with E-state index in [2.05, 4.69) is 10.4 Å². The van der Waals surface area contributed by atoms with Crippen molar-refractivity contribution in [2.45, 2.75) is 58.0 Å². The zero-order valence-corrected chi connectivity index (χ0v) is 12.1. The van der Waals surface area contributed by atoms with E-state index < -0.39 is 0 Å². The first kappa shape index (κ1) is 14.1. The molecule has 2 atom stereocenters. The number of nitrogens with two attached hydrogens (primary N) is 1. The van der Waals surface area contributed by atoms with Crippen LogP contribution in [0, 0.1) is 13.8 Å². The molecule has 2 unspecified atom stereocenters. The second-order valence-electron chi connectivity index (χ2n) is 5.55. The van der Waals surface area contributed by atoms with E-state index in [9.17, 15) is 4.79 Å². The van der Waals surface area contributed by atoms with Crippen molar-refractivity contribution in [3.63, 3.8) is 0 Å². The van der Waals surface area contributed by atoms with Gasteiger partial charge in [0.15, 0.2) is 0 Å². The molecule has 2 rings (SSSR count). The molecular formula is C14H24N4O. The summed E-state index contributed by atoms with van der Waals surface area (Å²) in [4.78, 5) is 12.4. The van der Waals surface area contributed by atoms with Crippen LogP contribution in [-0.4, -0.2) is 27.8 Å². The van der Waals surface area contributed by atoms with E-state index in [1.165, 1.54) is 12.8 Å². The van der Waals surface area contributed by atoms with Crippen molar-refractivity contribution >= 4 is 5.91 Å². The molecule has 0 saturated heterocycles. The number of carbonyl (C=O) groups excluding carboxylic acids is 1. The Bertz CT molecular complexity index is 466. The molecule has 0 bridgehead atoms. The Kier molecular flexibility index (Phi) is 4.24. The van der Waals surface area contributed by atoms with Crippen LogP contribution in [0.4, 0.5) is 0 Å². The molecule has 1 heterocycles. The maximum Gasteiger partial charge on any atom is 0.255 e. The SMILES string of the molecule is Cc1nn(C)c(C)c1C(=O)NC1CCCCCC1N. The molecule has 1 aromatic rings. The van der Waals surface area contributed by atoms with Gasteiger partial charge in [0, 0.05) is 24.8 Å². The molecule has 1 fully saturated rings. The Labute approximate surface area is 114 Å². The van der Waals surface area contributed by atoms with E-state index in [1.54, 1.807) is 4.68 Å². The van der Waals surface area contributed by atoms with Gasteiger partial charge in [-0.15, -0.1) is 0 Å². The zero-order valence-electron chi connectivity index (χ0n) is 12.1. The lowest BCUT2D eigenvalue weighted by Crippen LogP contribution is -2.47. The maximum atomic E-state index is 12.4. The number of amides is 1. The normalized spacial score (nSPS) is 24.0. The van der Waals surface area contributed by atoms with Crippen molar-refractivity contribution in [3.8, 4) is 0 Å². The number of hydrogen-bond donors (Lipinski definition) is 2. The molecule has 0 radical (unpaired) electrons. The predicted molar refractivity (Wildman–Crippen MR) is 75.0 cm³/mol. The summed E-state index contributed by atoms with van der Waals surface area (Å²) in [7, 11) is 1.86. The summed E-state index contributed by atoms with van der Waals surface area (Å²) < 4.78 is 1.75. The third-order valence-corrected chi connectivity index (χ3v) is 4.12. The van der Waals surface area contributed by atoms with E-state index in [1.807, 2.05) is 20.9 Å². The highest BCUT2D eigenvalue weighted by Crippen LogP contribution is 2.18. The Morgan fingerprint density at radius 3 is 2.63 bits per heavy atom. The summed E-state index contributed by atoms with van der Waals surface area (Å²) in [6.45, 7) is 3.79. The van der Waals surface area contributed by atoms with Crippen molar-refractivity contribution < 1.29 is 4.79 Å². The lowest BCUT2D eigenvalue weighted by atomic mass is 10.0. The minimum Gasteiger partial charge on any atom is -0.348 e. The number of rotatable bonds is 2. The van der Waals surface area contributed by atoms with Gasteiger partial charge in [0.1, 0.15) is 0 Å². The lowest BCUT2D eigenvalue weighted by Gasteiger charge is -2.22. The highest BCUT2D eigenvalue weighted by molar-refractivity contribution is 5.96. The van der Waals surface area contributed by atoms with Crippen LogP contribution in [0.2, 0.25) is 0 Å². The summed E-state index contributed by atoms with van der Waals surface area (Å²) in [6, 6.07) is 0.165. The van der Waals surface area contributed by atoms with Crippen LogP contribution in [0.15, 0.2) is 0 Å². The van der Waals surface area contributed by atoms with Gasteiger partial charge in [-0.05, 0) is 26.7 Å². The third kappa shape index (κ3) is 2.97. The summed E-state index contributed by atoms with van der Waals surface area (Å²) in [5.41, 5.74) is 8.52. The van der Waals surface area contributed by atoms with Gasteiger partial charge in [-0.1, -0.05) is 19.3 Å². The number of nitrogens with zero attached hydrogens (tertiary/aromatic N) is 2. The monoisotopic (exact) mass is 264 g/mol. The van der Waals surface area contributed by atoms with Gasteiger partial charge in [0.05, 0.1) is 11.3 Å². The van der Waals surface area contributed by atoms with Crippen LogP contribution in [0.25, 0.3) is 0 Å². The van der Waals surface area contributed by atoms with E-state index in [0.717, 1.165) is 30.7 Å². The second kappa shape index (κ2) is 5.74. The molecule has 5 nitrogen and oxygen atoms in total. The lowest BCUT2D eigenvalue weighted by molar-refractivity contribution is 0.0927. The summed E-state index contributed by atoms with van der Waals surface area (Å²) in [6.07, 6.45) is 5.49. The average molecular weight is 264 g/mol. The molecule has 0 aromatic carbocycles. The second-order valence-corrected chi connectivity index (χ2v) is 5.55. The van der Waals surface area contributed by atoms with Crippen LogP contribution in [0.5, 0.6) is 0 Å². The molecule has 106 valence electrons. The Morgan fingerprint density at radius 1 is 1.32 bits per heavy atom. The fraction of sp³-hybridized carbons (Fsp3) is 0.714. The molecule has 1 amide bonds. The summed E-state index contributed by atoms with van der Waals surface area (Å²) in [5, 5.41) is 7.39. The number of aryl methyl sites for hydroxylation is 2. The third-order valence-electron chi connectivity index (χ3n) is 4.12. The van der Waals surface area contributed by atoms with Gasteiger partial charge in [-0.2, -0.15) is 5.10 Å². The molecule has 1 aliphatic carbocycles. The molecular weight excluding hydrogens is 240 g/mol. The van der Waals surface area contributed by atoms with Crippen LogP contribution >= 0.6 is 0 Å². The molecule has 5 heteroatoms. The van der Waals surface area contributed by atoms with Crippen LogP contribution < -0.4 is 11.1 Å². The van der Waals surface area contributed by atoms with Crippen LogP contribution in [-0.2, 0) is 7.05 Å². The molecule has 0 aliphatic heterocycles. The fourth-order valence-corrected chi connectivity index (χ4v) is 2.86. The summed E-state index contributed by atoms with van der Waals surface area (Å²) in [5.74, 6) is -0.0366. The Hall–Kier alpha value is -1.36. The highest BCUT2D eigenvalue weighted by atomic mass is 16.1. The maximum absolute atomic E-state index is 12.4.